The summed E-state index contributed by atoms with van der Waals surface area (Å²) in [6, 6.07) is 0.0293. The summed E-state index contributed by atoms with van der Waals surface area (Å²) in [4.78, 5) is 0. The Morgan fingerprint density at radius 1 is 1.47 bits per heavy atom. The highest BCUT2D eigenvalue weighted by Gasteiger charge is 2.74. The van der Waals surface area contributed by atoms with Crippen molar-refractivity contribution < 1.29 is 13.2 Å². The van der Waals surface area contributed by atoms with Gasteiger partial charge in [0, 0.05) is 7.11 Å². The predicted molar refractivity (Wildman–Crippen MR) is 76.5 cm³/mol. The molecule has 0 bridgehead atoms. The fourth-order valence-electron chi connectivity index (χ4n) is 3.34. The lowest BCUT2D eigenvalue weighted by Gasteiger charge is -2.25. The second-order valence-corrected chi connectivity index (χ2v) is 9.17. The van der Waals surface area contributed by atoms with E-state index in [1.54, 1.807) is 32.2 Å². The topological polar surface area (TPSA) is 46.4 Å². The third-order valence-electron chi connectivity index (χ3n) is 4.51. The van der Waals surface area contributed by atoms with Crippen molar-refractivity contribution in [3.63, 3.8) is 0 Å². The van der Waals surface area contributed by atoms with Crippen LogP contribution in [0.25, 0.3) is 0 Å². The van der Waals surface area contributed by atoms with Gasteiger partial charge < -0.3 is 4.74 Å². The predicted octanol–water partition coefficient (Wildman–Crippen LogP) is 2.31. The molecule has 2 fully saturated rings. The fraction of sp³-hybridized carbons (Fsp3) is 0.857. The van der Waals surface area contributed by atoms with E-state index in [1.165, 1.54) is 0 Å². The number of allylic oxidation sites excluding steroid dienone is 1. The van der Waals surface area contributed by atoms with Crippen LogP contribution in [-0.4, -0.2) is 42.3 Å². The molecule has 0 aromatic heterocycles. The fourth-order valence-corrected chi connectivity index (χ4v) is 5.28. The van der Waals surface area contributed by atoms with Gasteiger partial charge in [0.15, 0.2) is 0 Å². The van der Waals surface area contributed by atoms with Gasteiger partial charge in [0.25, 0.3) is 0 Å². The van der Waals surface area contributed by atoms with Crippen molar-refractivity contribution in [3.05, 3.63) is 12.7 Å². The lowest BCUT2D eigenvalue weighted by Crippen LogP contribution is -2.39. The van der Waals surface area contributed by atoms with E-state index in [9.17, 15) is 8.42 Å². The van der Waals surface area contributed by atoms with Crippen LogP contribution in [0, 0.1) is 0 Å². The van der Waals surface area contributed by atoms with Crippen LogP contribution in [-0.2, 0) is 14.8 Å². The first-order chi connectivity index (χ1) is 8.72. The Bertz CT molecular complexity index is 466. The Labute approximate surface area is 116 Å². The van der Waals surface area contributed by atoms with Gasteiger partial charge in [-0.1, -0.05) is 6.08 Å². The number of hydrogen-bond donors (Lipinski definition) is 0. The summed E-state index contributed by atoms with van der Waals surface area (Å²) >= 11 is 0. The Balaban J connectivity index is 2.30. The number of ether oxygens (including phenoxy) is 1. The molecule has 2 rings (SSSR count). The summed E-state index contributed by atoms with van der Waals surface area (Å²) < 4.78 is 31.9. The summed E-state index contributed by atoms with van der Waals surface area (Å²) in [5.41, 5.74) is -0.207. The van der Waals surface area contributed by atoms with Crippen LogP contribution in [0.15, 0.2) is 12.7 Å². The standard InChI is InChI=1S/C14H25NO3S/c1-6-7-9-14-10-8-11(18-5)12(14)15(14)19(16,17)13(2,3)4/h6,11-12H,1,7-10H2,2-5H3/t11-,12-,14+,15?/m1/s1. The number of piperidine rings is 1. The minimum absolute atomic E-state index is 0.0293. The van der Waals surface area contributed by atoms with Gasteiger partial charge in [-0.05, 0) is 46.5 Å². The zero-order valence-corrected chi connectivity index (χ0v) is 13.2. The van der Waals surface area contributed by atoms with E-state index in [4.69, 9.17) is 4.74 Å². The molecule has 0 spiro atoms. The monoisotopic (exact) mass is 287 g/mol. The highest BCUT2D eigenvalue weighted by Crippen LogP contribution is 2.59. The van der Waals surface area contributed by atoms with Crippen molar-refractivity contribution in [1.29, 1.82) is 0 Å². The number of methoxy groups -OCH3 is 1. The Hall–Kier alpha value is -0.390. The lowest BCUT2D eigenvalue weighted by atomic mass is 10.0. The zero-order chi connectivity index (χ0) is 14.5. The van der Waals surface area contributed by atoms with Crippen LogP contribution in [0.2, 0.25) is 0 Å². The molecular weight excluding hydrogens is 262 g/mol. The first kappa shape index (κ1) is 15.0. The third kappa shape index (κ3) is 2.06. The summed E-state index contributed by atoms with van der Waals surface area (Å²) in [6.45, 7) is 9.04. The first-order valence-corrected chi connectivity index (χ1v) is 8.34. The molecule has 19 heavy (non-hydrogen) atoms. The molecule has 0 aromatic carbocycles. The largest absolute Gasteiger partial charge is 0.380 e. The van der Waals surface area contributed by atoms with Crippen LogP contribution >= 0.6 is 0 Å². The van der Waals surface area contributed by atoms with Gasteiger partial charge in [-0.15, -0.1) is 6.58 Å². The number of hydrogen-bond acceptors (Lipinski definition) is 3. The lowest BCUT2D eigenvalue weighted by molar-refractivity contribution is 0.0960. The molecule has 110 valence electrons. The van der Waals surface area contributed by atoms with E-state index >= 15 is 0 Å². The average Bonchev–Trinajstić information content (AvgIpc) is 2.84. The molecule has 4 nitrogen and oxygen atoms in total. The quantitative estimate of drug-likeness (QED) is 0.576. The van der Waals surface area contributed by atoms with Crippen molar-refractivity contribution in [2.75, 3.05) is 7.11 Å². The molecule has 1 heterocycles. The molecule has 1 aliphatic carbocycles. The van der Waals surface area contributed by atoms with E-state index in [1.807, 2.05) is 6.08 Å². The molecule has 0 amide bonds. The second-order valence-electron chi connectivity index (χ2n) is 6.60. The molecule has 4 atom stereocenters. The third-order valence-corrected chi connectivity index (χ3v) is 7.16. The molecule has 0 radical (unpaired) electrons. The molecule has 1 saturated heterocycles. The van der Waals surface area contributed by atoms with Gasteiger partial charge in [-0.2, -0.15) is 4.31 Å². The van der Waals surface area contributed by atoms with Gasteiger partial charge in [-0.3, -0.25) is 0 Å². The summed E-state index contributed by atoms with van der Waals surface area (Å²) in [5.74, 6) is 0. The van der Waals surface area contributed by atoms with Crippen LogP contribution in [0.1, 0.15) is 46.5 Å². The Morgan fingerprint density at radius 3 is 2.58 bits per heavy atom. The summed E-state index contributed by atoms with van der Waals surface area (Å²) in [6.07, 6.45) is 5.47. The summed E-state index contributed by atoms with van der Waals surface area (Å²) in [7, 11) is -1.60. The van der Waals surface area contributed by atoms with E-state index < -0.39 is 14.8 Å². The number of sulfonamides is 1. The smallest absolute Gasteiger partial charge is 0.220 e. The molecule has 0 N–H and O–H groups in total. The van der Waals surface area contributed by atoms with Crippen LogP contribution in [0.4, 0.5) is 0 Å². The van der Waals surface area contributed by atoms with E-state index in [0.29, 0.717) is 0 Å². The van der Waals surface area contributed by atoms with Crippen molar-refractivity contribution in [2.24, 2.45) is 0 Å². The van der Waals surface area contributed by atoms with Crippen LogP contribution in [0.3, 0.4) is 0 Å². The maximum Gasteiger partial charge on any atom is 0.220 e. The molecule has 1 unspecified atom stereocenters. The van der Waals surface area contributed by atoms with E-state index in [-0.39, 0.29) is 17.7 Å². The second kappa shape index (κ2) is 4.57. The van der Waals surface area contributed by atoms with Gasteiger partial charge in [0.1, 0.15) is 0 Å². The highest BCUT2D eigenvalue weighted by molar-refractivity contribution is 7.90. The zero-order valence-electron chi connectivity index (χ0n) is 12.3. The molecule has 5 heteroatoms. The number of rotatable bonds is 5. The normalized spacial score (nSPS) is 38.0. The van der Waals surface area contributed by atoms with Crippen molar-refractivity contribution in [3.8, 4) is 0 Å². The maximum absolute atomic E-state index is 12.7. The molecule has 1 saturated carbocycles. The molecule has 0 aromatic rings. The van der Waals surface area contributed by atoms with E-state index in [2.05, 4.69) is 6.58 Å². The number of fused-ring (bicyclic) bond motifs is 1. The minimum Gasteiger partial charge on any atom is -0.380 e. The molecule has 2 aliphatic rings. The Morgan fingerprint density at radius 2 is 2.11 bits per heavy atom. The maximum atomic E-state index is 12.7. The van der Waals surface area contributed by atoms with Gasteiger partial charge in [0.2, 0.25) is 10.0 Å². The molecule has 1 aliphatic heterocycles. The molecular formula is C14H25NO3S. The highest BCUT2D eigenvalue weighted by atomic mass is 32.2. The van der Waals surface area contributed by atoms with Crippen molar-refractivity contribution in [1.82, 2.24) is 4.31 Å². The minimum atomic E-state index is -3.28. The van der Waals surface area contributed by atoms with Gasteiger partial charge in [0.05, 0.1) is 22.4 Å². The van der Waals surface area contributed by atoms with Crippen molar-refractivity contribution in [2.45, 2.75) is 68.9 Å². The van der Waals surface area contributed by atoms with Crippen LogP contribution < -0.4 is 0 Å². The first-order valence-electron chi connectivity index (χ1n) is 6.90. The van der Waals surface area contributed by atoms with Gasteiger partial charge >= 0.3 is 0 Å². The average molecular weight is 287 g/mol. The van der Waals surface area contributed by atoms with Crippen LogP contribution in [0.5, 0.6) is 0 Å². The number of nitrogens with zero attached hydrogens (tertiary/aromatic N) is 1. The summed E-state index contributed by atoms with van der Waals surface area (Å²) in [5, 5.41) is 0. The Kier molecular flexibility index (Phi) is 3.61. The SMILES string of the molecule is C=CCC[C@]12CC[C@@H](OC)[C@H]1N2S(=O)(=O)C(C)(C)C. The van der Waals surface area contributed by atoms with E-state index in [0.717, 1.165) is 25.7 Å². The van der Waals surface area contributed by atoms with Crippen molar-refractivity contribution >= 4 is 10.0 Å². The van der Waals surface area contributed by atoms with Gasteiger partial charge in [-0.25, -0.2) is 8.42 Å².